The van der Waals surface area contributed by atoms with Gasteiger partial charge in [-0.15, -0.1) is 0 Å². The van der Waals surface area contributed by atoms with Crippen molar-refractivity contribution >= 4 is 5.69 Å². The molecule has 0 spiro atoms. The van der Waals surface area contributed by atoms with E-state index in [4.69, 9.17) is 10.5 Å². The van der Waals surface area contributed by atoms with E-state index < -0.39 is 0 Å². The van der Waals surface area contributed by atoms with E-state index in [1.807, 2.05) is 19.1 Å². The van der Waals surface area contributed by atoms with Crippen LogP contribution in [0.15, 0.2) is 24.4 Å². The van der Waals surface area contributed by atoms with Crippen molar-refractivity contribution in [2.75, 3.05) is 12.8 Å². The summed E-state index contributed by atoms with van der Waals surface area (Å²) in [6.45, 7) is 6.14. The van der Waals surface area contributed by atoms with E-state index in [2.05, 4.69) is 24.9 Å². The number of rotatable bonds is 2. The predicted octanol–water partition coefficient (Wildman–Crippen LogP) is 3.26. The minimum absolute atomic E-state index is 0.680. The maximum atomic E-state index is 5.74. The van der Waals surface area contributed by atoms with Crippen molar-refractivity contribution < 1.29 is 4.74 Å². The van der Waals surface area contributed by atoms with Crippen LogP contribution >= 0.6 is 0 Å². The fourth-order valence-corrected chi connectivity index (χ4v) is 2.12. The Hall–Kier alpha value is -2.03. The molecule has 0 unspecified atom stereocenters. The molecule has 2 rings (SSSR count). The highest BCUT2D eigenvalue weighted by Gasteiger charge is 2.13. The first-order valence-corrected chi connectivity index (χ1v) is 5.91. The molecule has 2 N–H and O–H groups in total. The molecule has 3 nitrogen and oxygen atoms in total. The van der Waals surface area contributed by atoms with Gasteiger partial charge in [-0.3, -0.25) is 4.98 Å². The number of aromatic nitrogens is 1. The van der Waals surface area contributed by atoms with Crippen LogP contribution in [0, 0.1) is 20.8 Å². The minimum Gasteiger partial charge on any atom is -0.496 e. The first kappa shape index (κ1) is 12.4. The molecular formula is C15H18N2O. The largest absolute Gasteiger partial charge is 0.496 e. The van der Waals surface area contributed by atoms with Crippen LogP contribution in [0.4, 0.5) is 5.69 Å². The fourth-order valence-electron chi connectivity index (χ4n) is 2.12. The number of pyridine rings is 1. The molecule has 0 atom stereocenters. The zero-order valence-corrected chi connectivity index (χ0v) is 11.2. The second kappa shape index (κ2) is 4.69. The topological polar surface area (TPSA) is 48.1 Å². The van der Waals surface area contributed by atoms with E-state index in [-0.39, 0.29) is 0 Å². The van der Waals surface area contributed by atoms with Crippen molar-refractivity contribution in [3.8, 4) is 17.0 Å². The van der Waals surface area contributed by atoms with Gasteiger partial charge in [-0.05, 0) is 49.6 Å². The lowest BCUT2D eigenvalue weighted by Gasteiger charge is -2.14. The second-order valence-electron chi connectivity index (χ2n) is 4.52. The summed E-state index contributed by atoms with van der Waals surface area (Å²) in [5, 5.41) is 0. The number of anilines is 1. The smallest absolute Gasteiger partial charge is 0.131 e. The standard InChI is InChI=1S/C15H18N2O/c1-9-5-6-13(15(18-4)11(9)3)14-10(2)7-12(16)8-17-14/h5-8H,16H2,1-4H3. The Kier molecular flexibility index (Phi) is 3.24. The molecule has 0 bridgehead atoms. The van der Waals surface area contributed by atoms with Crippen LogP contribution in [-0.2, 0) is 0 Å². The molecule has 1 aromatic heterocycles. The van der Waals surface area contributed by atoms with Gasteiger partial charge in [0.15, 0.2) is 0 Å². The first-order chi connectivity index (χ1) is 8.54. The molecule has 0 amide bonds. The number of hydrogen-bond acceptors (Lipinski definition) is 3. The summed E-state index contributed by atoms with van der Waals surface area (Å²) < 4.78 is 5.53. The van der Waals surface area contributed by atoms with Gasteiger partial charge in [0.2, 0.25) is 0 Å². The van der Waals surface area contributed by atoms with E-state index in [0.717, 1.165) is 28.1 Å². The Morgan fingerprint density at radius 2 is 1.83 bits per heavy atom. The molecule has 0 saturated heterocycles. The molecule has 3 heteroatoms. The summed E-state index contributed by atoms with van der Waals surface area (Å²) in [5.41, 5.74) is 11.8. The lowest BCUT2D eigenvalue weighted by atomic mass is 9.99. The number of methoxy groups -OCH3 is 1. The average molecular weight is 242 g/mol. The molecule has 2 aromatic rings. The summed E-state index contributed by atoms with van der Waals surface area (Å²) in [6.07, 6.45) is 1.68. The molecular weight excluding hydrogens is 224 g/mol. The minimum atomic E-state index is 0.680. The highest BCUT2D eigenvalue weighted by Crippen LogP contribution is 2.35. The van der Waals surface area contributed by atoms with Gasteiger partial charge in [-0.25, -0.2) is 0 Å². The van der Waals surface area contributed by atoms with Gasteiger partial charge >= 0.3 is 0 Å². The van der Waals surface area contributed by atoms with E-state index >= 15 is 0 Å². The number of nitrogen functional groups attached to an aromatic ring is 1. The van der Waals surface area contributed by atoms with E-state index in [9.17, 15) is 0 Å². The van der Waals surface area contributed by atoms with E-state index in [1.54, 1.807) is 13.3 Å². The lowest BCUT2D eigenvalue weighted by Crippen LogP contribution is -1.98. The summed E-state index contributed by atoms with van der Waals surface area (Å²) in [5.74, 6) is 0.885. The van der Waals surface area contributed by atoms with Crippen molar-refractivity contribution in [1.82, 2.24) is 4.98 Å². The lowest BCUT2D eigenvalue weighted by molar-refractivity contribution is 0.413. The van der Waals surface area contributed by atoms with Gasteiger partial charge in [-0.2, -0.15) is 0 Å². The fraction of sp³-hybridized carbons (Fsp3) is 0.267. The molecule has 0 aliphatic rings. The average Bonchev–Trinajstić information content (AvgIpc) is 2.33. The van der Waals surface area contributed by atoms with Crippen LogP contribution < -0.4 is 10.5 Å². The van der Waals surface area contributed by atoms with E-state index in [0.29, 0.717) is 5.69 Å². The van der Waals surface area contributed by atoms with Gasteiger partial charge in [0.1, 0.15) is 5.75 Å². The zero-order valence-electron chi connectivity index (χ0n) is 11.2. The van der Waals surface area contributed by atoms with Gasteiger partial charge in [-0.1, -0.05) is 6.07 Å². The van der Waals surface area contributed by atoms with Crippen LogP contribution in [0.25, 0.3) is 11.3 Å². The summed E-state index contributed by atoms with van der Waals surface area (Å²) in [4.78, 5) is 4.42. The molecule has 0 fully saturated rings. The molecule has 0 aliphatic carbocycles. The van der Waals surface area contributed by atoms with E-state index in [1.165, 1.54) is 5.56 Å². The SMILES string of the molecule is COc1c(-c2ncc(N)cc2C)ccc(C)c1C. The second-order valence-corrected chi connectivity index (χ2v) is 4.52. The monoisotopic (exact) mass is 242 g/mol. The van der Waals surface area contributed by atoms with Crippen molar-refractivity contribution in [3.05, 3.63) is 41.1 Å². The number of benzene rings is 1. The molecule has 1 aromatic carbocycles. The highest BCUT2D eigenvalue weighted by molar-refractivity contribution is 5.73. The Balaban J connectivity index is 2.67. The molecule has 0 saturated carbocycles. The number of ether oxygens (including phenoxy) is 1. The first-order valence-electron chi connectivity index (χ1n) is 5.91. The van der Waals surface area contributed by atoms with Crippen LogP contribution in [-0.4, -0.2) is 12.1 Å². The number of nitrogens with zero attached hydrogens (tertiary/aromatic N) is 1. The van der Waals surface area contributed by atoms with Gasteiger partial charge in [0, 0.05) is 5.56 Å². The molecule has 18 heavy (non-hydrogen) atoms. The molecule has 94 valence electrons. The summed E-state index contributed by atoms with van der Waals surface area (Å²) >= 11 is 0. The maximum absolute atomic E-state index is 5.74. The van der Waals surface area contributed by atoms with Crippen molar-refractivity contribution in [1.29, 1.82) is 0 Å². The van der Waals surface area contributed by atoms with Crippen molar-refractivity contribution in [2.45, 2.75) is 20.8 Å². The molecule has 0 aliphatic heterocycles. The third kappa shape index (κ3) is 2.04. The molecule has 1 heterocycles. The number of nitrogens with two attached hydrogens (primary N) is 1. The quantitative estimate of drug-likeness (QED) is 0.879. The highest BCUT2D eigenvalue weighted by atomic mass is 16.5. The van der Waals surface area contributed by atoms with Gasteiger partial charge < -0.3 is 10.5 Å². The zero-order chi connectivity index (χ0) is 13.3. The normalized spacial score (nSPS) is 10.4. The summed E-state index contributed by atoms with van der Waals surface area (Å²) in [7, 11) is 1.69. The summed E-state index contributed by atoms with van der Waals surface area (Å²) in [6, 6.07) is 6.06. The van der Waals surface area contributed by atoms with Crippen LogP contribution in [0.2, 0.25) is 0 Å². The third-order valence-electron chi connectivity index (χ3n) is 3.24. The predicted molar refractivity (Wildman–Crippen MR) is 74.8 cm³/mol. The molecule has 0 radical (unpaired) electrons. The number of hydrogen-bond donors (Lipinski definition) is 1. The third-order valence-corrected chi connectivity index (χ3v) is 3.24. The van der Waals surface area contributed by atoms with Crippen molar-refractivity contribution in [2.24, 2.45) is 0 Å². The Bertz CT molecular complexity index is 591. The van der Waals surface area contributed by atoms with Crippen LogP contribution in [0.5, 0.6) is 5.75 Å². The van der Waals surface area contributed by atoms with Gasteiger partial charge in [0.25, 0.3) is 0 Å². The Labute approximate surface area is 108 Å². The van der Waals surface area contributed by atoms with Crippen LogP contribution in [0.3, 0.4) is 0 Å². The van der Waals surface area contributed by atoms with Gasteiger partial charge in [0.05, 0.1) is 24.7 Å². The Morgan fingerprint density at radius 3 is 2.44 bits per heavy atom. The maximum Gasteiger partial charge on any atom is 0.131 e. The van der Waals surface area contributed by atoms with Crippen LogP contribution in [0.1, 0.15) is 16.7 Å². The Morgan fingerprint density at radius 1 is 1.11 bits per heavy atom. The van der Waals surface area contributed by atoms with Crippen molar-refractivity contribution in [3.63, 3.8) is 0 Å². The number of aryl methyl sites for hydroxylation is 2.